The van der Waals surface area contributed by atoms with Crippen LogP contribution in [0.25, 0.3) is 22.7 Å². The molecule has 1 fully saturated rings. The number of aromatic carboxylic acids is 1. The maximum Gasteiger partial charge on any atom is 0.374 e. The van der Waals surface area contributed by atoms with Crippen molar-refractivity contribution >= 4 is 23.0 Å². The van der Waals surface area contributed by atoms with Crippen molar-refractivity contribution in [1.29, 1.82) is 0 Å². The summed E-state index contributed by atoms with van der Waals surface area (Å²) in [5, 5.41) is 13.3. The van der Waals surface area contributed by atoms with E-state index in [9.17, 15) is 9.90 Å². The molecule has 0 bridgehead atoms. The third-order valence-electron chi connectivity index (χ3n) is 8.25. The zero-order valence-electron chi connectivity index (χ0n) is 22.4. The highest BCUT2D eigenvalue weighted by atomic mass is 16.4. The van der Waals surface area contributed by atoms with Crippen LogP contribution in [0.15, 0.2) is 30.0 Å². The third-order valence-corrected chi connectivity index (χ3v) is 8.25. The molecule has 196 valence electrons. The van der Waals surface area contributed by atoms with E-state index in [1.807, 2.05) is 12.3 Å². The summed E-state index contributed by atoms with van der Waals surface area (Å²) in [6, 6.07) is 4.30. The highest BCUT2D eigenvalue weighted by Crippen LogP contribution is 2.35. The van der Waals surface area contributed by atoms with Gasteiger partial charge in [-0.25, -0.2) is 19.7 Å². The number of hydrogen-bond donors (Lipinski definition) is 2. The van der Waals surface area contributed by atoms with Crippen molar-refractivity contribution in [3.8, 4) is 11.5 Å². The Labute approximate surface area is 218 Å². The summed E-state index contributed by atoms with van der Waals surface area (Å²) < 4.78 is 2.15. The maximum absolute atomic E-state index is 11.9. The van der Waals surface area contributed by atoms with Crippen LogP contribution < -0.4 is 5.32 Å². The molecule has 2 aliphatic carbocycles. The quantitative estimate of drug-likeness (QED) is 0.324. The summed E-state index contributed by atoms with van der Waals surface area (Å²) in [5.41, 5.74) is 4.46. The molecule has 8 heteroatoms. The second-order valence-electron chi connectivity index (χ2n) is 11.1. The number of aromatic nitrogens is 5. The number of rotatable bonds is 9. The molecule has 0 radical (unpaired) electrons. The second kappa shape index (κ2) is 10.6. The minimum absolute atomic E-state index is 0.182. The molecule has 0 spiro atoms. The first-order chi connectivity index (χ1) is 17.8. The van der Waals surface area contributed by atoms with E-state index >= 15 is 0 Å². The first-order valence-corrected chi connectivity index (χ1v) is 13.8. The number of hydrogen-bond acceptors (Lipinski definition) is 6. The molecule has 0 saturated heterocycles. The van der Waals surface area contributed by atoms with Gasteiger partial charge in [0, 0.05) is 18.8 Å². The predicted octanol–water partition coefficient (Wildman–Crippen LogP) is 6.45. The van der Waals surface area contributed by atoms with Crippen molar-refractivity contribution in [2.24, 2.45) is 11.8 Å². The molecule has 3 aromatic heterocycles. The van der Waals surface area contributed by atoms with E-state index in [0.717, 1.165) is 30.0 Å². The Morgan fingerprint density at radius 2 is 2.00 bits per heavy atom. The smallest absolute Gasteiger partial charge is 0.374 e. The molecule has 3 heterocycles. The van der Waals surface area contributed by atoms with E-state index < -0.39 is 5.97 Å². The first-order valence-electron chi connectivity index (χ1n) is 13.8. The van der Waals surface area contributed by atoms with Gasteiger partial charge < -0.3 is 15.0 Å². The summed E-state index contributed by atoms with van der Waals surface area (Å²) in [5.74, 6) is 1.51. The van der Waals surface area contributed by atoms with Crippen LogP contribution in [0.4, 0.5) is 5.82 Å². The fraction of sp³-hybridized carbons (Fsp3) is 0.552. The van der Waals surface area contributed by atoms with E-state index in [1.54, 1.807) is 0 Å². The Morgan fingerprint density at radius 1 is 1.19 bits per heavy atom. The molecule has 8 nitrogen and oxygen atoms in total. The molecule has 0 aromatic carbocycles. The van der Waals surface area contributed by atoms with Gasteiger partial charge in [-0.1, -0.05) is 45.3 Å². The lowest BCUT2D eigenvalue weighted by atomic mass is 9.80. The van der Waals surface area contributed by atoms with Gasteiger partial charge in [0.25, 0.3) is 0 Å². The van der Waals surface area contributed by atoms with Gasteiger partial charge in [-0.2, -0.15) is 0 Å². The summed E-state index contributed by atoms with van der Waals surface area (Å²) in [7, 11) is 0. The minimum atomic E-state index is -1.15. The molecule has 0 aliphatic heterocycles. The average molecular weight is 503 g/mol. The number of carboxylic acid groups (broad SMARTS) is 1. The van der Waals surface area contributed by atoms with Crippen LogP contribution in [0.1, 0.15) is 94.7 Å². The number of fused-ring (bicyclic) bond motifs is 1. The van der Waals surface area contributed by atoms with Crippen molar-refractivity contribution in [2.75, 3.05) is 5.32 Å². The van der Waals surface area contributed by atoms with Crippen LogP contribution in [0.3, 0.4) is 0 Å². The van der Waals surface area contributed by atoms with E-state index in [2.05, 4.69) is 64.7 Å². The normalized spacial score (nSPS) is 19.1. The van der Waals surface area contributed by atoms with Gasteiger partial charge in [0.2, 0.25) is 5.82 Å². The van der Waals surface area contributed by atoms with Crippen molar-refractivity contribution in [3.63, 3.8) is 0 Å². The summed E-state index contributed by atoms with van der Waals surface area (Å²) in [6.07, 6.45) is 12.3. The maximum atomic E-state index is 11.9. The number of nitrogens with one attached hydrogen (secondary N) is 1. The summed E-state index contributed by atoms with van der Waals surface area (Å²) >= 11 is 0. The molecule has 2 N–H and O–H groups in total. The Balaban J connectivity index is 1.67. The Bertz CT molecular complexity index is 1320. The SMILES string of the molecule is CCC1CC=C(Cn2c(-c3cc(C(C)C)ccn3)nc3nc(C(=O)O)nc(N[C@H](C)C4CCC4)c32)CC1. The number of imidazole rings is 1. The standard InChI is InChI=1S/C29H38N6O2/c1-5-19-9-11-20(12-10-19)16-35-24-25(31-18(4)21-7-6-8-21)32-27(29(36)37)33-26(24)34-28(35)23-15-22(17(2)3)13-14-30-23/h11,13-15,17-19,21H,5-10,12,16H2,1-4H3,(H,36,37)(H,31,32,33)/t18-,19?/m1/s1. The van der Waals surface area contributed by atoms with Gasteiger partial charge >= 0.3 is 5.97 Å². The fourth-order valence-electron chi connectivity index (χ4n) is 5.44. The van der Waals surface area contributed by atoms with E-state index in [-0.39, 0.29) is 11.9 Å². The lowest BCUT2D eigenvalue weighted by molar-refractivity contribution is 0.0684. The predicted molar refractivity (Wildman–Crippen MR) is 146 cm³/mol. The lowest BCUT2D eigenvalue weighted by Crippen LogP contribution is -2.31. The van der Waals surface area contributed by atoms with Gasteiger partial charge in [-0.05, 0) is 74.5 Å². The zero-order valence-corrected chi connectivity index (χ0v) is 22.4. The van der Waals surface area contributed by atoms with Crippen LogP contribution in [0.2, 0.25) is 0 Å². The highest BCUT2D eigenvalue weighted by Gasteiger charge is 2.28. The van der Waals surface area contributed by atoms with Crippen molar-refractivity contribution in [1.82, 2.24) is 24.5 Å². The van der Waals surface area contributed by atoms with E-state index in [1.165, 1.54) is 43.2 Å². The van der Waals surface area contributed by atoms with Crippen molar-refractivity contribution in [2.45, 2.75) is 91.1 Å². The molecule has 1 saturated carbocycles. The molecule has 2 atom stereocenters. The number of anilines is 1. The first kappa shape index (κ1) is 25.4. The molecule has 2 aliphatic rings. The Morgan fingerprint density at radius 3 is 2.62 bits per heavy atom. The molecule has 3 aromatic rings. The topological polar surface area (TPSA) is 106 Å². The molecule has 37 heavy (non-hydrogen) atoms. The average Bonchev–Trinajstić information content (AvgIpc) is 3.22. The molecule has 1 unspecified atom stereocenters. The van der Waals surface area contributed by atoms with Crippen LogP contribution in [0, 0.1) is 11.8 Å². The monoisotopic (exact) mass is 502 g/mol. The van der Waals surface area contributed by atoms with Gasteiger partial charge in [0.1, 0.15) is 11.2 Å². The summed E-state index contributed by atoms with van der Waals surface area (Å²) in [6.45, 7) is 9.40. The van der Waals surface area contributed by atoms with Gasteiger partial charge in [0.05, 0.1) is 0 Å². The highest BCUT2D eigenvalue weighted by molar-refractivity contribution is 5.92. The van der Waals surface area contributed by atoms with E-state index in [4.69, 9.17) is 4.98 Å². The molecular weight excluding hydrogens is 464 g/mol. The van der Waals surface area contributed by atoms with Gasteiger partial charge in [0.15, 0.2) is 17.3 Å². The minimum Gasteiger partial charge on any atom is -0.475 e. The number of carbonyl (C=O) groups is 1. The fourth-order valence-corrected chi connectivity index (χ4v) is 5.44. The van der Waals surface area contributed by atoms with Gasteiger partial charge in [-0.3, -0.25) is 4.98 Å². The van der Waals surface area contributed by atoms with Crippen LogP contribution in [0.5, 0.6) is 0 Å². The summed E-state index contributed by atoms with van der Waals surface area (Å²) in [4.78, 5) is 30.4. The van der Waals surface area contributed by atoms with Gasteiger partial charge in [-0.15, -0.1) is 0 Å². The zero-order chi connectivity index (χ0) is 26.1. The second-order valence-corrected chi connectivity index (χ2v) is 11.1. The number of nitrogens with zero attached hydrogens (tertiary/aromatic N) is 5. The Kier molecular flexibility index (Phi) is 7.26. The van der Waals surface area contributed by atoms with Crippen LogP contribution in [-0.4, -0.2) is 41.6 Å². The van der Waals surface area contributed by atoms with E-state index in [0.29, 0.717) is 35.7 Å². The molecular formula is C29H38N6O2. The largest absolute Gasteiger partial charge is 0.475 e. The van der Waals surface area contributed by atoms with Crippen LogP contribution in [-0.2, 0) is 6.54 Å². The molecule has 0 amide bonds. The van der Waals surface area contributed by atoms with Crippen LogP contribution >= 0.6 is 0 Å². The number of allylic oxidation sites excluding steroid dienone is 2. The number of carboxylic acids is 1. The van der Waals surface area contributed by atoms with Crippen molar-refractivity contribution < 1.29 is 9.90 Å². The lowest BCUT2D eigenvalue weighted by Gasteiger charge is -2.32. The van der Waals surface area contributed by atoms with Crippen molar-refractivity contribution in [3.05, 3.63) is 41.4 Å². The Hall–Kier alpha value is -3.29. The number of pyridine rings is 1. The molecule has 5 rings (SSSR count). The third kappa shape index (κ3) is 5.24.